The average Bonchev–Trinajstić information content (AvgIpc) is 2.17. The summed E-state index contributed by atoms with van der Waals surface area (Å²) >= 11 is 3.53. The Kier molecular flexibility index (Phi) is 17.9. The predicted octanol–water partition coefficient (Wildman–Crippen LogP) is 1.94. The molecule has 0 fully saturated rings. The number of thiol groups is 1. The molecule has 96 valence electrons. The van der Waals surface area contributed by atoms with Gasteiger partial charge in [0.05, 0.1) is 0 Å². The molecule has 2 N–H and O–H groups in total. The molecule has 16 heavy (non-hydrogen) atoms. The molecule has 1 amide bonds. The first-order valence-corrected chi connectivity index (χ1v) is 5.75. The lowest BCUT2D eigenvalue weighted by Crippen LogP contribution is -2.17. The van der Waals surface area contributed by atoms with E-state index in [0.717, 1.165) is 6.42 Å². The maximum Gasteiger partial charge on any atom is 0.293 e. The Morgan fingerprint density at radius 3 is 1.88 bits per heavy atom. The summed E-state index contributed by atoms with van der Waals surface area (Å²) in [6, 6.07) is 0. The summed E-state index contributed by atoms with van der Waals surface area (Å²) in [7, 11) is 0. The molecule has 0 aliphatic carbocycles. The van der Waals surface area contributed by atoms with Crippen molar-refractivity contribution in [3.63, 3.8) is 0 Å². The van der Waals surface area contributed by atoms with Crippen LogP contribution in [0.15, 0.2) is 12.2 Å². The normalized spacial score (nSPS) is 9.38. The number of amides is 1. The number of rotatable bonds is 3. The minimum absolute atomic E-state index is 0.318. The van der Waals surface area contributed by atoms with E-state index in [-0.39, 0.29) is 11.5 Å². The molecule has 0 radical (unpaired) electrons. The molecule has 0 bridgehead atoms. The van der Waals surface area contributed by atoms with Crippen LogP contribution in [-0.2, 0) is 14.3 Å². The molecule has 4 nitrogen and oxygen atoms in total. The van der Waals surface area contributed by atoms with Gasteiger partial charge in [0.25, 0.3) is 6.47 Å². The van der Waals surface area contributed by atoms with Crippen LogP contribution in [0, 0.1) is 0 Å². The lowest BCUT2D eigenvalue weighted by molar-refractivity contribution is -0.138. The molecule has 0 aliphatic rings. The summed E-state index contributed by atoms with van der Waals surface area (Å²) in [6.07, 6.45) is 5.64. The van der Waals surface area contributed by atoms with Crippen LogP contribution in [0.5, 0.6) is 0 Å². The lowest BCUT2D eigenvalue weighted by Gasteiger charge is -2.14. The van der Waals surface area contributed by atoms with E-state index < -0.39 is 0 Å². The molecule has 0 aromatic rings. The zero-order valence-corrected chi connectivity index (χ0v) is 11.6. The van der Waals surface area contributed by atoms with Gasteiger partial charge < -0.3 is 10.5 Å². The van der Waals surface area contributed by atoms with Gasteiger partial charge in [0, 0.05) is 0 Å². The van der Waals surface area contributed by atoms with Gasteiger partial charge in [0.2, 0.25) is 5.91 Å². The fraction of sp³-hybridized carbons (Fsp3) is 0.636. The van der Waals surface area contributed by atoms with Crippen molar-refractivity contribution in [3.05, 3.63) is 12.2 Å². The summed E-state index contributed by atoms with van der Waals surface area (Å²) in [5, 5.41) is 0. The van der Waals surface area contributed by atoms with E-state index in [4.69, 9.17) is 5.73 Å². The maximum atomic E-state index is 9.89. The molecule has 0 rings (SSSR count). The molecule has 0 aromatic carbocycles. The molecule has 0 aliphatic heterocycles. The third kappa shape index (κ3) is 38.2. The van der Waals surface area contributed by atoms with Crippen LogP contribution in [-0.4, -0.2) is 24.2 Å². The highest BCUT2D eigenvalue weighted by molar-refractivity contribution is 7.79. The van der Waals surface area contributed by atoms with Crippen molar-refractivity contribution >= 4 is 25.0 Å². The molecule has 0 spiro atoms. The zero-order valence-electron chi connectivity index (χ0n) is 10.7. The molecule has 0 saturated heterocycles. The molecule has 5 heteroatoms. The Bertz CT molecular complexity index is 198. The van der Waals surface area contributed by atoms with E-state index >= 15 is 0 Å². The summed E-state index contributed by atoms with van der Waals surface area (Å²) in [4.78, 5) is 19.5. The molecule has 0 aromatic heterocycles. The van der Waals surface area contributed by atoms with E-state index in [2.05, 4.69) is 17.4 Å². The van der Waals surface area contributed by atoms with Crippen molar-refractivity contribution in [2.75, 3.05) is 6.26 Å². The average molecular weight is 249 g/mol. The van der Waals surface area contributed by atoms with Gasteiger partial charge in [-0.05, 0) is 39.5 Å². The number of carbonyl (C=O) groups is 2. The van der Waals surface area contributed by atoms with E-state index in [9.17, 15) is 9.59 Å². The predicted molar refractivity (Wildman–Crippen MR) is 70.4 cm³/mol. The number of hydrogen-bond acceptors (Lipinski definition) is 4. The van der Waals surface area contributed by atoms with E-state index in [1.54, 1.807) is 12.3 Å². The van der Waals surface area contributed by atoms with Crippen LogP contribution >= 0.6 is 12.6 Å². The van der Waals surface area contributed by atoms with Crippen molar-refractivity contribution in [1.82, 2.24) is 0 Å². The highest BCUT2D eigenvalue weighted by atomic mass is 32.1. The van der Waals surface area contributed by atoms with Crippen molar-refractivity contribution in [2.45, 2.75) is 39.7 Å². The Hall–Kier alpha value is -0.970. The fourth-order valence-electron chi connectivity index (χ4n) is 0.378. The fourth-order valence-corrected chi connectivity index (χ4v) is 0.378. The van der Waals surface area contributed by atoms with Gasteiger partial charge in [-0.15, -0.1) is 0 Å². The van der Waals surface area contributed by atoms with E-state index in [0.29, 0.717) is 6.47 Å². The van der Waals surface area contributed by atoms with Crippen LogP contribution in [0.2, 0.25) is 0 Å². The highest BCUT2D eigenvalue weighted by Gasteiger charge is 2.07. The van der Waals surface area contributed by atoms with E-state index in [1.165, 1.54) is 6.08 Å². The molecular formula is C11H23NO3S. The van der Waals surface area contributed by atoms with Gasteiger partial charge in [-0.25, -0.2) is 0 Å². The van der Waals surface area contributed by atoms with Gasteiger partial charge in [-0.2, -0.15) is 12.6 Å². The molecule has 0 unspecified atom stereocenters. The Balaban J connectivity index is -0.000000183. The van der Waals surface area contributed by atoms with Gasteiger partial charge >= 0.3 is 0 Å². The highest BCUT2D eigenvalue weighted by Crippen LogP contribution is 2.02. The largest absolute Gasteiger partial charge is 0.462 e. The summed E-state index contributed by atoms with van der Waals surface area (Å²) in [5.74, 6) is -0.373. The summed E-state index contributed by atoms with van der Waals surface area (Å²) in [6.45, 7) is 7.86. The molecule has 0 saturated carbocycles. The minimum Gasteiger partial charge on any atom is -0.462 e. The van der Waals surface area contributed by atoms with Crippen LogP contribution in [0.25, 0.3) is 0 Å². The van der Waals surface area contributed by atoms with Crippen molar-refractivity contribution in [3.8, 4) is 0 Å². The van der Waals surface area contributed by atoms with Crippen molar-refractivity contribution in [1.29, 1.82) is 0 Å². The van der Waals surface area contributed by atoms with Crippen molar-refractivity contribution < 1.29 is 14.3 Å². The number of hydrogen-bond donors (Lipinski definition) is 2. The third-order valence-electron chi connectivity index (χ3n) is 0.919. The second-order valence-corrected chi connectivity index (χ2v) is 3.54. The van der Waals surface area contributed by atoms with Crippen LogP contribution < -0.4 is 5.73 Å². The SMILES string of the molecule is CC(C)(C)OC=O.CC/C=C\C(N)=O.CS. The first-order valence-electron chi connectivity index (χ1n) is 4.85. The third-order valence-corrected chi connectivity index (χ3v) is 0.919. The topological polar surface area (TPSA) is 69.4 Å². The molecule has 0 atom stereocenters. The van der Waals surface area contributed by atoms with Gasteiger partial charge in [0.1, 0.15) is 5.60 Å². The number of ether oxygens (including phenoxy) is 1. The number of nitrogens with two attached hydrogens (primary N) is 1. The Labute approximate surface area is 104 Å². The zero-order chi connectivity index (χ0) is 13.6. The number of primary amides is 1. The summed E-state index contributed by atoms with van der Waals surface area (Å²) < 4.78 is 4.55. The summed E-state index contributed by atoms with van der Waals surface area (Å²) in [5.41, 5.74) is 4.44. The Morgan fingerprint density at radius 2 is 1.81 bits per heavy atom. The maximum absolute atomic E-state index is 9.89. The quantitative estimate of drug-likeness (QED) is 0.456. The Morgan fingerprint density at radius 1 is 1.38 bits per heavy atom. The van der Waals surface area contributed by atoms with Crippen LogP contribution in [0.4, 0.5) is 0 Å². The second kappa shape index (κ2) is 14.0. The van der Waals surface area contributed by atoms with Gasteiger partial charge in [-0.3, -0.25) is 9.59 Å². The van der Waals surface area contributed by atoms with E-state index in [1.807, 2.05) is 27.7 Å². The smallest absolute Gasteiger partial charge is 0.293 e. The van der Waals surface area contributed by atoms with Crippen LogP contribution in [0.3, 0.4) is 0 Å². The molecular weight excluding hydrogens is 226 g/mol. The van der Waals surface area contributed by atoms with Gasteiger partial charge in [-0.1, -0.05) is 13.0 Å². The minimum atomic E-state index is -0.373. The van der Waals surface area contributed by atoms with Crippen LogP contribution in [0.1, 0.15) is 34.1 Å². The first-order chi connectivity index (χ1) is 7.33. The second-order valence-electron chi connectivity index (χ2n) is 3.54. The van der Waals surface area contributed by atoms with Crippen molar-refractivity contribution in [2.24, 2.45) is 5.73 Å². The number of carbonyl (C=O) groups excluding carboxylic acids is 2. The standard InChI is InChI=1S/C5H9NO.C5H10O2.CH4S/c1-2-3-4-5(6)7;1-5(2,3)7-4-6;1-2/h3-4H,2H2,1H3,(H2,6,7);4H,1-3H3;2H,1H3/b4-3-;;. The lowest BCUT2D eigenvalue weighted by atomic mass is 10.2. The number of allylic oxidation sites excluding steroid dienone is 1. The first kappa shape index (κ1) is 20.4. The monoisotopic (exact) mass is 249 g/mol. The van der Waals surface area contributed by atoms with Gasteiger partial charge in [0.15, 0.2) is 0 Å². The molecule has 0 heterocycles.